The smallest absolute Gasteiger partial charge is 0.352 e. The summed E-state index contributed by atoms with van der Waals surface area (Å²) in [5.41, 5.74) is 0. The highest BCUT2D eigenvalue weighted by molar-refractivity contribution is 7.05. The fourth-order valence-corrected chi connectivity index (χ4v) is 49.6. The van der Waals surface area contributed by atoms with Crippen molar-refractivity contribution in [2.24, 2.45) is 0 Å². The minimum absolute atomic E-state index is 1.08. The van der Waals surface area contributed by atoms with Crippen molar-refractivity contribution in [3.05, 3.63) is 121 Å². The molecule has 16 heteroatoms. The van der Waals surface area contributed by atoms with Crippen LogP contribution < -0.4 is 20.7 Å². The van der Waals surface area contributed by atoms with Crippen LogP contribution in [0.15, 0.2) is 121 Å². The highest BCUT2D eigenvalue weighted by Gasteiger charge is 2.59. The Morgan fingerprint density at radius 1 is 0.231 bits per heavy atom. The van der Waals surface area contributed by atoms with Crippen LogP contribution in [0.3, 0.4) is 0 Å². The lowest BCUT2D eigenvalue weighted by Crippen LogP contribution is -2.77. The van der Waals surface area contributed by atoms with Gasteiger partial charge in [0, 0.05) is 0 Å². The highest BCUT2D eigenvalue weighted by atomic mass is 28.5. The van der Waals surface area contributed by atoms with Gasteiger partial charge in [-0.2, -0.15) is 0 Å². The van der Waals surface area contributed by atoms with Gasteiger partial charge in [-0.05, 0) is 99.3 Å². The Morgan fingerprint density at radius 2 is 0.385 bits per heavy atom. The van der Waals surface area contributed by atoms with Gasteiger partial charge in [-0.3, -0.25) is 0 Å². The van der Waals surface area contributed by atoms with Gasteiger partial charge in [0.05, 0.1) is 0 Å². The molecular formula is C36H56O8Si8. The molecule has 6 rings (SSSR count). The minimum Gasteiger partial charge on any atom is -0.416 e. The second-order valence-electron chi connectivity index (χ2n) is 15.7. The minimum atomic E-state index is -3.00. The summed E-state index contributed by atoms with van der Waals surface area (Å²) in [6, 6.07) is 41.4. The fourth-order valence-electron chi connectivity index (χ4n) is 7.46. The van der Waals surface area contributed by atoms with E-state index in [-0.39, 0.29) is 0 Å². The third-order valence-electron chi connectivity index (χ3n) is 8.72. The third kappa shape index (κ3) is 10.3. The van der Waals surface area contributed by atoms with Crippen LogP contribution in [-0.2, 0) is 32.9 Å². The van der Waals surface area contributed by atoms with Crippen molar-refractivity contribution < 1.29 is 32.9 Å². The van der Waals surface area contributed by atoms with E-state index >= 15 is 0 Å². The van der Waals surface area contributed by atoms with Gasteiger partial charge in [-0.1, -0.05) is 121 Å². The zero-order chi connectivity index (χ0) is 38.1. The maximum atomic E-state index is 7.30. The van der Waals surface area contributed by atoms with Crippen molar-refractivity contribution in [3.63, 3.8) is 0 Å². The van der Waals surface area contributed by atoms with E-state index in [4.69, 9.17) is 32.9 Å². The van der Waals surface area contributed by atoms with Crippen LogP contribution in [0.25, 0.3) is 0 Å². The van der Waals surface area contributed by atoms with Crippen LogP contribution in [0.1, 0.15) is 0 Å². The van der Waals surface area contributed by atoms with Gasteiger partial charge in [-0.15, -0.1) is 0 Å². The molecule has 2 aliphatic rings. The Bertz CT molecular complexity index is 1480. The molecule has 2 aliphatic heterocycles. The van der Waals surface area contributed by atoms with Gasteiger partial charge < -0.3 is 32.9 Å². The van der Waals surface area contributed by atoms with Gasteiger partial charge in [0.25, 0.3) is 0 Å². The van der Waals surface area contributed by atoms with Crippen molar-refractivity contribution in [1.29, 1.82) is 0 Å². The Kier molecular flexibility index (Phi) is 12.3. The number of hydrogen-bond donors (Lipinski definition) is 0. The van der Waals surface area contributed by atoms with E-state index in [1.165, 1.54) is 0 Å². The summed E-state index contributed by atoms with van der Waals surface area (Å²) in [6.07, 6.45) is 0. The summed E-state index contributed by atoms with van der Waals surface area (Å²) in [7, 11) is -20.4. The molecule has 0 bridgehead atoms. The molecule has 0 amide bonds. The standard InChI is InChI=1S/C28H32O4Si4.C8H24O4Si4/c1-33(25-17-9-5-10-18-25)29-34(2,26-19-11-6-12-20-26)31-36(4,28-23-15-8-16-24-28)32-35(3,30-33)27-21-13-7-14-22-27;1-13(2)9-14(3,4)11-16(7,8)12-15(5,6)10-13/h5-24H,1-4H3;1-8H3. The second kappa shape index (κ2) is 15.4. The molecule has 2 saturated heterocycles. The van der Waals surface area contributed by atoms with E-state index < -0.39 is 68.5 Å². The van der Waals surface area contributed by atoms with Gasteiger partial charge in [0.15, 0.2) is 0 Å². The first-order valence-electron chi connectivity index (χ1n) is 17.9. The fraction of sp³-hybridized carbons (Fsp3) is 0.333. The van der Waals surface area contributed by atoms with Crippen LogP contribution in [-0.4, -0.2) is 68.5 Å². The molecule has 0 radical (unpaired) electrons. The molecule has 4 aromatic carbocycles. The first-order chi connectivity index (χ1) is 24.1. The summed E-state index contributed by atoms with van der Waals surface area (Å²) in [6.45, 7) is 25.2. The van der Waals surface area contributed by atoms with E-state index in [1.807, 2.05) is 72.8 Å². The van der Waals surface area contributed by atoms with Gasteiger partial charge >= 0.3 is 68.5 Å². The Labute approximate surface area is 320 Å². The molecule has 0 N–H and O–H groups in total. The maximum Gasteiger partial charge on any atom is 0.352 e. The molecular weight excluding hydrogens is 785 g/mol. The predicted octanol–water partition coefficient (Wildman–Crippen LogP) is 6.86. The molecule has 280 valence electrons. The predicted molar refractivity (Wildman–Crippen MR) is 229 cm³/mol. The van der Waals surface area contributed by atoms with Crippen LogP contribution in [0.5, 0.6) is 0 Å². The molecule has 2 heterocycles. The van der Waals surface area contributed by atoms with E-state index in [2.05, 4.69) is 127 Å². The molecule has 4 aromatic rings. The Morgan fingerprint density at radius 3 is 0.538 bits per heavy atom. The third-order valence-corrected chi connectivity index (χ3v) is 42.4. The monoisotopic (exact) mass is 840 g/mol. The SMILES string of the molecule is C[Si]1(C)O[Si](C)(C)O[Si](C)(C)O[Si](C)(C)O1.C[Si]1(c2ccccc2)O[Si](C)(c2ccccc2)O[Si](C)(c2ccccc2)O[Si](C)(c2ccccc2)O1. The molecule has 8 nitrogen and oxygen atoms in total. The van der Waals surface area contributed by atoms with Crippen molar-refractivity contribution >= 4 is 89.2 Å². The largest absolute Gasteiger partial charge is 0.416 e. The topological polar surface area (TPSA) is 73.8 Å². The normalized spacial score (nSPS) is 31.0. The van der Waals surface area contributed by atoms with E-state index in [0.717, 1.165) is 20.7 Å². The molecule has 0 saturated carbocycles. The van der Waals surface area contributed by atoms with E-state index in [1.54, 1.807) is 0 Å². The Hall–Kier alpha value is -1.70. The molecule has 0 spiro atoms. The molecule has 0 unspecified atom stereocenters. The van der Waals surface area contributed by atoms with Crippen LogP contribution in [0.4, 0.5) is 0 Å². The molecule has 52 heavy (non-hydrogen) atoms. The van der Waals surface area contributed by atoms with Crippen molar-refractivity contribution in [1.82, 2.24) is 0 Å². The molecule has 0 aromatic heterocycles. The van der Waals surface area contributed by atoms with Gasteiger partial charge in [0.2, 0.25) is 0 Å². The number of benzene rings is 4. The highest BCUT2D eigenvalue weighted by Crippen LogP contribution is 2.32. The first kappa shape index (κ1) is 41.5. The molecule has 2 fully saturated rings. The van der Waals surface area contributed by atoms with E-state index in [0.29, 0.717) is 0 Å². The second-order valence-corrected chi connectivity index (χ2v) is 43.3. The zero-order valence-electron chi connectivity index (χ0n) is 32.8. The quantitative estimate of drug-likeness (QED) is 0.207. The number of rotatable bonds is 4. The van der Waals surface area contributed by atoms with Crippen LogP contribution in [0.2, 0.25) is 78.6 Å². The summed E-state index contributed by atoms with van der Waals surface area (Å²) < 4.78 is 53.8. The van der Waals surface area contributed by atoms with Crippen molar-refractivity contribution in [3.8, 4) is 0 Å². The summed E-state index contributed by atoms with van der Waals surface area (Å²) in [5, 5.41) is 4.30. The van der Waals surface area contributed by atoms with Crippen molar-refractivity contribution in [2.45, 2.75) is 78.6 Å². The average molecular weight is 842 g/mol. The Balaban J connectivity index is 0.000000275. The zero-order valence-corrected chi connectivity index (χ0v) is 40.8. The van der Waals surface area contributed by atoms with Gasteiger partial charge in [-0.25, -0.2) is 0 Å². The average Bonchev–Trinajstić information content (AvgIpc) is 3.03. The summed E-state index contributed by atoms with van der Waals surface area (Å²) in [4.78, 5) is 0. The van der Waals surface area contributed by atoms with Crippen LogP contribution >= 0.6 is 0 Å². The molecule has 0 atom stereocenters. The summed E-state index contributed by atoms with van der Waals surface area (Å²) >= 11 is 0. The van der Waals surface area contributed by atoms with Crippen molar-refractivity contribution in [2.75, 3.05) is 0 Å². The maximum absolute atomic E-state index is 7.30. The van der Waals surface area contributed by atoms with Gasteiger partial charge in [0.1, 0.15) is 0 Å². The van der Waals surface area contributed by atoms with Crippen LogP contribution in [0, 0.1) is 0 Å². The summed E-state index contributed by atoms with van der Waals surface area (Å²) in [5.74, 6) is 0. The molecule has 0 aliphatic carbocycles. The first-order valence-corrected chi connectivity index (χ1v) is 38.4. The lowest BCUT2D eigenvalue weighted by atomic mass is 10.4. The lowest BCUT2D eigenvalue weighted by molar-refractivity contribution is 0.238. The lowest BCUT2D eigenvalue weighted by Gasteiger charge is -2.50. The van der Waals surface area contributed by atoms with E-state index in [9.17, 15) is 0 Å². The number of hydrogen-bond acceptors (Lipinski definition) is 8.